The van der Waals surface area contributed by atoms with Crippen LogP contribution in [-0.2, 0) is 11.2 Å². The molecule has 16 heavy (non-hydrogen) atoms. The Labute approximate surface area is 107 Å². The van der Waals surface area contributed by atoms with Gasteiger partial charge in [-0.1, -0.05) is 49.2 Å². The molecule has 0 amide bonds. The van der Waals surface area contributed by atoms with Gasteiger partial charge in [-0.25, -0.2) is 0 Å². The minimum Gasteiger partial charge on any atom is -0.299 e. The van der Waals surface area contributed by atoms with Crippen LogP contribution in [0.3, 0.4) is 0 Å². The van der Waals surface area contributed by atoms with E-state index in [9.17, 15) is 4.79 Å². The predicted octanol–water partition coefficient (Wildman–Crippen LogP) is 4.54. The van der Waals surface area contributed by atoms with E-state index < -0.39 is 0 Å². The zero-order valence-corrected chi connectivity index (χ0v) is 11.1. The molecule has 0 spiro atoms. The van der Waals surface area contributed by atoms with Gasteiger partial charge in [0.2, 0.25) is 0 Å². The van der Waals surface area contributed by atoms with Crippen LogP contribution < -0.4 is 0 Å². The van der Waals surface area contributed by atoms with Gasteiger partial charge in [0.05, 0.1) is 10.0 Å². The molecule has 3 heteroatoms. The summed E-state index contributed by atoms with van der Waals surface area (Å²) >= 11 is 11.9. The number of hydrogen-bond acceptors (Lipinski definition) is 1. The second-order valence-corrected chi connectivity index (χ2v) is 4.65. The fourth-order valence-corrected chi connectivity index (χ4v) is 2.15. The van der Waals surface area contributed by atoms with Gasteiger partial charge < -0.3 is 0 Å². The summed E-state index contributed by atoms with van der Waals surface area (Å²) in [5.41, 5.74) is 0.825. The number of carbonyl (C=O) groups excluding carboxylic acids is 1. The van der Waals surface area contributed by atoms with E-state index in [0.29, 0.717) is 16.5 Å². The fourth-order valence-electron chi connectivity index (χ4n) is 1.76. The Kier molecular flexibility index (Phi) is 5.30. The highest BCUT2D eigenvalue weighted by Crippen LogP contribution is 2.27. The van der Waals surface area contributed by atoms with Crippen molar-refractivity contribution in [1.82, 2.24) is 0 Å². The van der Waals surface area contributed by atoms with E-state index in [4.69, 9.17) is 23.2 Å². The molecule has 0 aromatic heterocycles. The summed E-state index contributed by atoms with van der Waals surface area (Å²) in [5, 5.41) is 1.01. The van der Waals surface area contributed by atoms with Crippen molar-refractivity contribution in [2.24, 2.45) is 5.92 Å². The summed E-state index contributed by atoms with van der Waals surface area (Å²) in [6.07, 6.45) is 2.15. The molecule has 0 saturated heterocycles. The van der Waals surface area contributed by atoms with Gasteiger partial charge in [0, 0.05) is 12.3 Å². The largest absolute Gasteiger partial charge is 0.299 e. The van der Waals surface area contributed by atoms with Gasteiger partial charge in [0.25, 0.3) is 0 Å². The summed E-state index contributed by atoms with van der Waals surface area (Å²) < 4.78 is 0. The quantitative estimate of drug-likeness (QED) is 0.758. The molecule has 0 aliphatic rings. The molecule has 0 aliphatic carbocycles. The maximum absolute atomic E-state index is 11.9. The van der Waals surface area contributed by atoms with Crippen LogP contribution in [0.4, 0.5) is 0 Å². The normalized spacial score (nSPS) is 10.8. The molecule has 0 heterocycles. The molecule has 0 radical (unpaired) electrons. The summed E-state index contributed by atoms with van der Waals surface area (Å²) in [4.78, 5) is 11.9. The van der Waals surface area contributed by atoms with Gasteiger partial charge in [-0.15, -0.1) is 0 Å². The summed E-state index contributed by atoms with van der Waals surface area (Å²) in [6, 6.07) is 5.41. The van der Waals surface area contributed by atoms with Crippen molar-refractivity contribution in [2.45, 2.75) is 33.1 Å². The molecule has 0 saturated carbocycles. The van der Waals surface area contributed by atoms with E-state index in [1.165, 1.54) is 0 Å². The number of halogens is 2. The lowest BCUT2D eigenvalue weighted by atomic mass is 9.93. The first kappa shape index (κ1) is 13.5. The van der Waals surface area contributed by atoms with E-state index in [1.807, 2.05) is 26.0 Å². The van der Waals surface area contributed by atoms with Gasteiger partial charge in [0.1, 0.15) is 5.78 Å². The molecule has 0 fully saturated rings. The predicted molar refractivity (Wildman–Crippen MR) is 69.2 cm³/mol. The SMILES string of the molecule is CCC(CC)C(=O)Cc1cccc(Cl)c1Cl. The zero-order valence-electron chi connectivity index (χ0n) is 9.59. The van der Waals surface area contributed by atoms with Crippen LogP contribution >= 0.6 is 23.2 Å². The second-order valence-electron chi connectivity index (χ2n) is 3.87. The monoisotopic (exact) mass is 258 g/mol. The number of carbonyl (C=O) groups is 1. The average molecular weight is 259 g/mol. The van der Waals surface area contributed by atoms with E-state index in [-0.39, 0.29) is 11.7 Å². The molecule has 0 unspecified atom stereocenters. The Morgan fingerprint density at radius 1 is 1.25 bits per heavy atom. The van der Waals surface area contributed by atoms with Crippen molar-refractivity contribution < 1.29 is 4.79 Å². The topological polar surface area (TPSA) is 17.1 Å². The third kappa shape index (κ3) is 3.23. The maximum Gasteiger partial charge on any atom is 0.140 e. The first-order valence-electron chi connectivity index (χ1n) is 5.55. The van der Waals surface area contributed by atoms with Gasteiger partial charge in [-0.05, 0) is 24.5 Å². The number of ketones is 1. The van der Waals surface area contributed by atoms with Crippen LogP contribution in [0.1, 0.15) is 32.3 Å². The number of benzene rings is 1. The van der Waals surface area contributed by atoms with Crippen LogP contribution in [0.2, 0.25) is 10.0 Å². The molecule has 1 aromatic rings. The van der Waals surface area contributed by atoms with Crippen molar-refractivity contribution in [1.29, 1.82) is 0 Å². The number of hydrogen-bond donors (Lipinski definition) is 0. The Hall–Kier alpha value is -0.530. The third-order valence-electron chi connectivity index (χ3n) is 2.84. The molecule has 88 valence electrons. The van der Waals surface area contributed by atoms with Gasteiger partial charge >= 0.3 is 0 Å². The lowest BCUT2D eigenvalue weighted by Gasteiger charge is -2.11. The third-order valence-corrected chi connectivity index (χ3v) is 3.70. The molecular weight excluding hydrogens is 243 g/mol. The summed E-state index contributed by atoms with van der Waals surface area (Å²) in [7, 11) is 0. The standard InChI is InChI=1S/C13H16Cl2O/c1-3-9(4-2)12(16)8-10-6-5-7-11(14)13(10)15/h5-7,9H,3-4,8H2,1-2H3. The highest BCUT2D eigenvalue weighted by molar-refractivity contribution is 6.42. The van der Waals surface area contributed by atoms with E-state index in [1.54, 1.807) is 6.07 Å². The van der Waals surface area contributed by atoms with Crippen LogP contribution in [0.25, 0.3) is 0 Å². The molecule has 0 bridgehead atoms. The maximum atomic E-state index is 11.9. The molecule has 1 nitrogen and oxygen atoms in total. The summed E-state index contributed by atoms with van der Waals surface area (Å²) in [6.45, 7) is 4.07. The van der Waals surface area contributed by atoms with Crippen LogP contribution in [0, 0.1) is 5.92 Å². The van der Waals surface area contributed by atoms with E-state index in [2.05, 4.69) is 0 Å². The van der Waals surface area contributed by atoms with E-state index in [0.717, 1.165) is 18.4 Å². The minimum atomic E-state index is 0.134. The first-order chi connectivity index (χ1) is 7.60. The van der Waals surface area contributed by atoms with Crippen molar-refractivity contribution in [2.75, 3.05) is 0 Å². The molecule has 0 N–H and O–H groups in total. The highest BCUT2D eigenvalue weighted by Gasteiger charge is 2.16. The zero-order chi connectivity index (χ0) is 12.1. The molecule has 0 atom stereocenters. The van der Waals surface area contributed by atoms with Crippen molar-refractivity contribution in [3.05, 3.63) is 33.8 Å². The Morgan fingerprint density at radius 2 is 1.88 bits per heavy atom. The Bertz CT molecular complexity index is 370. The lowest BCUT2D eigenvalue weighted by molar-refractivity contribution is -0.122. The van der Waals surface area contributed by atoms with Gasteiger partial charge in [0.15, 0.2) is 0 Å². The van der Waals surface area contributed by atoms with E-state index >= 15 is 0 Å². The fraction of sp³-hybridized carbons (Fsp3) is 0.462. The highest BCUT2D eigenvalue weighted by atomic mass is 35.5. The number of rotatable bonds is 5. The molecule has 1 rings (SSSR count). The van der Waals surface area contributed by atoms with Crippen LogP contribution in [0.15, 0.2) is 18.2 Å². The average Bonchev–Trinajstić information content (AvgIpc) is 2.26. The first-order valence-corrected chi connectivity index (χ1v) is 6.31. The molecule has 1 aromatic carbocycles. The second kappa shape index (κ2) is 6.27. The number of Topliss-reactive ketones (excluding diaryl/α,β-unsaturated/α-hetero) is 1. The van der Waals surface area contributed by atoms with Crippen LogP contribution in [-0.4, -0.2) is 5.78 Å². The minimum absolute atomic E-state index is 0.134. The molecule has 0 aliphatic heterocycles. The molecular formula is C13H16Cl2O. The van der Waals surface area contributed by atoms with Crippen molar-refractivity contribution >= 4 is 29.0 Å². The smallest absolute Gasteiger partial charge is 0.140 e. The van der Waals surface area contributed by atoms with Crippen molar-refractivity contribution in [3.63, 3.8) is 0 Å². The Morgan fingerprint density at radius 3 is 2.44 bits per heavy atom. The summed E-state index contributed by atoms with van der Waals surface area (Å²) in [5.74, 6) is 0.379. The van der Waals surface area contributed by atoms with Crippen molar-refractivity contribution in [3.8, 4) is 0 Å². The van der Waals surface area contributed by atoms with Crippen LogP contribution in [0.5, 0.6) is 0 Å². The lowest BCUT2D eigenvalue weighted by Crippen LogP contribution is -2.15. The Balaban J connectivity index is 2.80. The van der Waals surface area contributed by atoms with Gasteiger partial charge in [-0.3, -0.25) is 4.79 Å². The van der Waals surface area contributed by atoms with Gasteiger partial charge in [-0.2, -0.15) is 0 Å².